The van der Waals surface area contributed by atoms with Crippen LogP contribution in [0.15, 0.2) is 30.3 Å². The number of anilines is 1. The van der Waals surface area contributed by atoms with Gasteiger partial charge in [0.2, 0.25) is 5.91 Å². The second-order valence-electron chi connectivity index (χ2n) is 4.71. The van der Waals surface area contributed by atoms with Crippen LogP contribution < -0.4 is 10.2 Å². The van der Waals surface area contributed by atoms with Gasteiger partial charge in [-0.15, -0.1) is 0 Å². The van der Waals surface area contributed by atoms with Crippen molar-refractivity contribution in [3.05, 3.63) is 30.3 Å². The molecular formula is C15H22N2O3. The first kappa shape index (κ1) is 16.2. The molecule has 1 aromatic carbocycles. The maximum atomic E-state index is 12.2. The van der Waals surface area contributed by atoms with Gasteiger partial charge in [-0.3, -0.25) is 9.59 Å². The number of hydrogen-bond donors (Lipinski definition) is 2. The van der Waals surface area contributed by atoms with Crippen LogP contribution in [-0.2, 0) is 9.59 Å². The molecule has 5 heteroatoms. The Morgan fingerprint density at radius 3 is 2.50 bits per heavy atom. The maximum Gasteiger partial charge on any atom is 0.305 e. The molecule has 0 radical (unpaired) electrons. The number of para-hydroxylation sites is 1. The van der Waals surface area contributed by atoms with Crippen LogP contribution in [-0.4, -0.2) is 36.1 Å². The van der Waals surface area contributed by atoms with E-state index < -0.39 is 5.97 Å². The molecule has 0 aliphatic rings. The zero-order valence-electron chi connectivity index (χ0n) is 12.0. The highest BCUT2D eigenvalue weighted by molar-refractivity contribution is 5.95. The van der Waals surface area contributed by atoms with Gasteiger partial charge < -0.3 is 15.3 Å². The Bertz CT molecular complexity index is 434. The van der Waals surface area contributed by atoms with Crippen molar-refractivity contribution in [2.45, 2.75) is 32.7 Å². The van der Waals surface area contributed by atoms with E-state index in [1.807, 2.05) is 44.2 Å². The largest absolute Gasteiger partial charge is 0.481 e. The minimum absolute atomic E-state index is 0.0655. The number of carboxylic acids is 1. The third-order valence-electron chi connectivity index (χ3n) is 3.13. The van der Waals surface area contributed by atoms with Gasteiger partial charge in [0.05, 0.1) is 13.0 Å². The number of carboxylic acid groups (broad SMARTS) is 1. The summed E-state index contributed by atoms with van der Waals surface area (Å²) in [7, 11) is 0. The quantitative estimate of drug-likeness (QED) is 0.762. The Labute approximate surface area is 119 Å². The second kappa shape index (κ2) is 8.32. The van der Waals surface area contributed by atoms with Crippen LogP contribution in [0.1, 0.15) is 26.7 Å². The van der Waals surface area contributed by atoms with Crippen LogP contribution in [0.2, 0.25) is 0 Å². The number of carbonyl (C=O) groups excluding carboxylic acids is 1. The Morgan fingerprint density at radius 2 is 1.95 bits per heavy atom. The molecule has 0 aromatic heterocycles. The van der Waals surface area contributed by atoms with Gasteiger partial charge in [-0.05, 0) is 25.5 Å². The Kier molecular flexibility index (Phi) is 6.73. The van der Waals surface area contributed by atoms with E-state index in [9.17, 15) is 9.59 Å². The summed E-state index contributed by atoms with van der Waals surface area (Å²) in [5.41, 5.74) is 0.727. The molecule has 0 heterocycles. The van der Waals surface area contributed by atoms with Gasteiger partial charge in [-0.25, -0.2) is 0 Å². The molecule has 1 rings (SSSR count). The van der Waals surface area contributed by atoms with E-state index in [-0.39, 0.29) is 31.5 Å². The molecule has 1 aromatic rings. The molecule has 20 heavy (non-hydrogen) atoms. The van der Waals surface area contributed by atoms with Gasteiger partial charge in [0, 0.05) is 18.3 Å². The number of benzene rings is 1. The average Bonchev–Trinajstić information content (AvgIpc) is 2.45. The number of hydrogen-bond acceptors (Lipinski definition) is 3. The van der Waals surface area contributed by atoms with Crippen molar-refractivity contribution < 1.29 is 14.7 Å². The molecule has 110 valence electrons. The highest BCUT2D eigenvalue weighted by atomic mass is 16.4. The maximum absolute atomic E-state index is 12.2. The van der Waals surface area contributed by atoms with Gasteiger partial charge in [0.15, 0.2) is 0 Å². The van der Waals surface area contributed by atoms with Crippen molar-refractivity contribution >= 4 is 17.6 Å². The Balaban J connectivity index is 2.71. The number of aliphatic carboxylic acids is 1. The van der Waals surface area contributed by atoms with Gasteiger partial charge in [-0.1, -0.05) is 25.1 Å². The van der Waals surface area contributed by atoms with Gasteiger partial charge in [0.25, 0.3) is 0 Å². The first-order valence-electron chi connectivity index (χ1n) is 6.85. The summed E-state index contributed by atoms with van der Waals surface area (Å²) in [4.78, 5) is 24.5. The van der Waals surface area contributed by atoms with Crippen molar-refractivity contribution in [2.75, 3.05) is 18.0 Å². The summed E-state index contributed by atoms with van der Waals surface area (Å²) in [6.45, 7) is 4.45. The van der Waals surface area contributed by atoms with Crippen LogP contribution in [0.4, 0.5) is 5.69 Å². The lowest BCUT2D eigenvalue weighted by molar-refractivity contribution is -0.136. The summed E-state index contributed by atoms with van der Waals surface area (Å²) in [6.07, 6.45) is 0.873. The topological polar surface area (TPSA) is 69.6 Å². The molecule has 0 aliphatic heterocycles. The Hall–Kier alpha value is -1.88. The molecule has 5 nitrogen and oxygen atoms in total. The predicted molar refractivity (Wildman–Crippen MR) is 78.8 cm³/mol. The summed E-state index contributed by atoms with van der Waals surface area (Å²) in [5, 5.41) is 11.9. The molecule has 0 aliphatic carbocycles. The summed E-state index contributed by atoms with van der Waals surface area (Å²) >= 11 is 0. The number of rotatable bonds is 8. The molecular weight excluding hydrogens is 256 g/mol. The SMILES string of the molecule is CCC(C)NCC(=O)N(CCC(=O)O)c1ccccc1. The smallest absolute Gasteiger partial charge is 0.305 e. The number of nitrogens with one attached hydrogen (secondary N) is 1. The molecule has 0 fully saturated rings. The summed E-state index contributed by atoms with van der Waals surface area (Å²) in [6, 6.07) is 9.40. The third-order valence-corrected chi connectivity index (χ3v) is 3.13. The normalized spacial score (nSPS) is 11.9. The highest BCUT2D eigenvalue weighted by Crippen LogP contribution is 2.13. The molecule has 1 amide bonds. The molecule has 1 unspecified atom stereocenters. The Morgan fingerprint density at radius 1 is 1.30 bits per heavy atom. The van der Waals surface area contributed by atoms with Crippen LogP contribution in [0, 0.1) is 0 Å². The van der Waals surface area contributed by atoms with Crippen molar-refractivity contribution in [2.24, 2.45) is 0 Å². The molecule has 2 N–H and O–H groups in total. The van der Waals surface area contributed by atoms with E-state index in [1.54, 1.807) is 0 Å². The number of amides is 1. The third kappa shape index (κ3) is 5.40. The minimum Gasteiger partial charge on any atom is -0.481 e. The van der Waals surface area contributed by atoms with Crippen molar-refractivity contribution in [1.29, 1.82) is 0 Å². The van der Waals surface area contributed by atoms with Gasteiger partial charge >= 0.3 is 5.97 Å². The fraction of sp³-hybridized carbons (Fsp3) is 0.467. The number of carbonyl (C=O) groups is 2. The van der Waals surface area contributed by atoms with E-state index in [0.29, 0.717) is 0 Å². The standard InChI is InChI=1S/C15H22N2O3/c1-3-12(2)16-11-14(18)17(10-9-15(19)20)13-7-5-4-6-8-13/h4-8,12,16H,3,9-11H2,1-2H3,(H,19,20). The van der Waals surface area contributed by atoms with Crippen molar-refractivity contribution in [3.8, 4) is 0 Å². The summed E-state index contributed by atoms with van der Waals surface area (Å²) < 4.78 is 0. The highest BCUT2D eigenvalue weighted by Gasteiger charge is 2.16. The lowest BCUT2D eigenvalue weighted by atomic mass is 10.2. The van der Waals surface area contributed by atoms with E-state index >= 15 is 0 Å². The lowest BCUT2D eigenvalue weighted by Crippen LogP contribution is -2.41. The van der Waals surface area contributed by atoms with E-state index in [1.165, 1.54) is 4.90 Å². The van der Waals surface area contributed by atoms with Crippen LogP contribution in [0.25, 0.3) is 0 Å². The van der Waals surface area contributed by atoms with Gasteiger partial charge in [0.1, 0.15) is 0 Å². The first-order chi connectivity index (χ1) is 9.54. The average molecular weight is 278 g/mol. The van der Waals surface area contributed by atoms with Crippen LogP contribution in [0.5, 0.6) is 0 Å². The molecule has 0 bridgehead atoms. The van der Waals surface area contributed by atoms with Crippen LogP contribution >= 0.6 is 0 Å². The fourth-order valence-electron chi connectivity index (χ4n) is 1.71. The van der Waals surface area contributed by atoms with E-state index in [0.717, 1.165) is 12.1 Å². The van der Waals surface area contributed by atoms with E-state index in [2.05, 4.69) is 5.32 Å². The zero-order valence-corrected chi connectivity index (χ0v) is 12.0. The lowest BCUT2D eigenvalue weighted by Gasteiger charge is -2.23. The van der Waals surface area contributed by atoms with Crippen molar-refractivity contribution in [3.63, 3.8) is 0 Å². The van der Waals surface area contributed by atoms with Crippen LogP contribution in [0.3, 0.4) is 0 Å². The first-order valence-corrected chi connectivity index (χ1v) is 6.85. The predicted octanol–water partition coefficient (Wildman–Crippen LogP) is 1.88. The monoisotopic (exact) mass is 278 g/mol. The number of nitrogens with zero attached hydrogens (tertiary/aromatic N) is 1. The minimum atomic E-state index is -0.909. The second-order valence-corrected chi connectivity index (χ2v) is 4.71. The summed E-state index contributed by atoms with van der Waals surface area (Å²) in [5.74, 6) is -1.02. The zero-order chi connectivity index (χ0) is 15.0. The fourth-order valence-corrected chi connectivity index (χ4v) is 1.71. The molecule has 1 atom stereocenters. The molecule has 0 saturated carbocycles. The van der Waals surface area contributed by atoms with E-state index in [4.69, 9.17) is 5.11 Å². The molecule has 0 spiro atoms. The van der Waals surface area contributed by atoms with Crippen molar-refractivity contribution in [1.82, 2.24) is 5.32 Å². The van der Waals surface area contributed by atoms with Gasteiger partial charge in [-0.2, -0.15) is 0 Å². The molecule has 0 saturated heterocycles.